The van der Waals surface area contributed by atoms with E-state index in [0.29, 0.717) is 17.4 Å². The summed E-state index contributed by atoms with van der Waals surface area (Å²) in [6, 6.07) is 3.17. The van der Waals surface area contributed by atoms with Gasteiger partial charge in [-0.3, -0.25) is 0 Å². The summed E-state index contributed by atoms with van der Waals surface area (Å²) in [5.74, 6) is 0.640. The molecule has 0 fully saturated rings. The van der Waals surface area contributed by atoms with E-state index in [1.807, 2.05) is 11.9 Å². The first-order valence-corrected chi connectivity index (χ1v) is 7.20. The van der Waals surface area contributed by atoms with Crippen molar-refractivity contribution >= 4 is 34.7 Å². The highest BCUT2D eigenvalue weighted by atomic mass is 35.5. The van der Waals surface area contributed by atoms with Crippen molar-refractivity contribution in [1.29, 1.82) is 0 Å². The summed E-state index contributed by atoms with van der Waals surface area (Å²) in [4.78, 5) is 1.99. The molecule has 1 unspecified atom stereocenters. The van der Waals surface area contributed by atoms with Crippen molar-refractivity contribution in [2.24, 2.45) is 0 Å². The lowest BCUT2D eigenvalue weighted by atomic mass is 10.2. The van der Waals surface area contributed by atoms with Crippen LogP contribution in [0.3, 0.4) is 0 Å². The SMILES string of the molecule is CSCCC(C)N(C)c1cc(F)c(Cl)cc1N. The number of nitrogens with zero attached hydrogens (tertiary/aromatic N) is 1. The highest BCUT2D eigenvalue weighted by Crippen LogP contribution is 2.30. The summed E-state index contributed by atoms with van der Waals surface area (Å²) in [6.45, 7) is 2.10. The van der Waals surface area contributed by atoms with Crippen LogP contribution in [0.1, 0.15) is 13.3 Å². The molecule has 0 aliphatic carbocycles. The van der Waals surface area contributed by atoms with Gasteiger partial charge in [0.1, 0.15) is 5.82 Å². The minimum absolute atomic E-state index is 0.0661. The van der Waals surface area contributed by atoms with Crippen LogP contribution in [0.25, 0.3) is 0 Å². The van der Waals surface area contributed by atoms with E-state index < -0.39 is 5.82 Å². The minimum Gasteiger partial charge on any atom is -0.397 e. The lowest BCUT2D eigenvalue weighted by Crippen LogP contribution is -2.30. The standard InChI is InChI=1S/C12H18ClFN2S/c1-8(4-5-17-3)16(2)12-7-10(14)9(13)6-11(12)15/h6-8H,4-5,15H2,1-3H3. The topological polar surface area (TPSA) is 29.3 Å². The van der Waals surface area contributed by atoms with Crippen molar-refractivity contribution in [3.63, 3.8) is 0 Å². The fourth-order valence-corrected chi connectivity index (χ4v) is 2.33. The highest BCUT2D eigenvalue weighted by molar-refractivity contribution is 7.98. The van der Waals surface area contributed by atoms with Crippen molar-refractivity contribution in [2.45, 2.75) is 19.4 Å². The normalized spacial score (nSPS) is 12.5. The van der Waals surface area contributed by atoms with Crippen LogP contribution >= 0.6 is 23.4 Å². The van der Waals surface area contributed by atoms with E-state index in [9.17, 15) is 4.39 Å². The first kappa shape index (κ1) is 14.5. The van der Waals surface area contributed by atoms with Gasteiger partial charge in [-0.2, -0.15) is 11.8 Å². The second kappa shape index (κ2) is 6.36. The summed E-state index contributed by atoms with van der Waals surface area (Å²) < 4.78 is 13.4. The van der Waals surface area contributed by atoms with Gasteiger partial charge in [-0.25, -0.2) is 4.39 Å². The lowest BCUT2D eigenvalue weighted by Gasteiger charge is -2.28. The van der Waals surface area contributed by atoms with E-state index in [1.54, 1.807) is 11.8 Å². The third-order valence-corrected chi connectivity index (χ3v) is 3.78. The molecule has 0 spiro atoms. The number of thioether (sulfide) groups is 1. The van der Waals surface area contributed by atoms with Gasteiger partial charge in [0.05, 0.1) is 16.4 Å². The zero-order valence-corrected chi connectivity index (χ0v) is 11.9. The molecule has 0 saturated carbocycles. The second-order valence-corrected chi connectivity index (χ2v) is 5.46. The molecule has 0 aliphatic heterocycles. The van der Waals surface area contributed by atoms with Crippen molar-refractivity contribution in [2.75, 3.05) is 29.7 Å². The quantitative estimate of drug-likeness (QED) is 0.833. The van der Waals surface area contributed by atoms with Crippen LogP contribution in [0, 0.1) is 5.82 Å². The van der Waals surface area contributed by atoms with Crippen LogP contribution < -0.4 is 10.6 Å². The second-order valence-electron chi connectivity index (χ2n) is 4.07. The Bertz CT molecular complexity index is 387. The van der Waals surface area contributed by atoms with Crippen LogP contribution in [-0.4, -0.2) is 25.1 Å². The van der Waals surface area contributed by atoms with Gasteiger partial charge in [0.15, 0.2) is 0 Å². The Labute approximate surface area is 111 Å². The molecule has 0 radical (unpaired) electrons. The molecular formula is C12H18ClFN2S. The summed E-state index contributed by atoms with van der Waals surface area (Å²) in [5, 5.41) is 0.0661. The van der Waals surface area contributed by atoms with Gasteiger partial charge in [0.25, 0.3) is 0 Å². The predicted octanol–water partition coefficient (Wildman–Crippen LogP) is 3.64. The molecular weight excluding hydrogens is 259 g/mol. The van der Waals surface area contributed by atoms with E-state index in [4.69, 9.17) is 17.3 Å². The molecule has 2 nitrogen and oxygen atoms in total. The van der Waals surface area contributed by atoms with Crippen LogP contribution in [0.2, 0.25) is 5.02 Å². The average molecular weight is 277 g/mol. The molecule has 17 heavy (non-hydrogen) atoms. The molecule has 1 aromatic rings. The molecule has 1 aromatic carbocycles. The molecule has 0 saturated heterocycles. The Morgan fingerprint density at radius 1 is 1.53 bits per heavy atom. The Morgan fingerprint density at radius 2 is 2.18 bits per heavy atom. The molecule has 0 aliphatic rings. The first-order chi connectivity index (χ1) is 7.97. The molecule has 1 atom stereocenters. The number of anilines is 2. The molecule has 0 aromatic heterocycles. The van der Waals surface area contributed by atoms with Crippen molar-refractivity contribution in [1.82, 2.24) is 0 Å². The van der Waals surface area contributed by atoms with E-state index in [0.717, 1.165) is 12.2 Å². The number of benzene rings is 1. The fraction of sp³-hybridized carbons (Fsp3) is 0.500. The zero-order chi connectivity index (χ0) is 13.0. The van der Waals surface area contributed by atoms with Crippen molar-refractivity contribution in [3.8, 4) is 0 Å². The van der Waals surface area contributed by atoms with E-state index >= 15 is 0 Å². The van der Waals surface area contributed by atoms with E-state index in [2.05, 4.69) is 13.2 Å². The maximum Gasteiger partial charge on any atom is 0.144 e. The molecule has 1 rings (SSSR count). The molecule has 5 heteroatoms. The highest BCUT2D eigenvalue weighted by Gasteiger charge is 2.14. The average Bonchev–Trinajstić information content (AvgIpc) is 2.29. The van der Waals surface area contributed by atoms with Crippen LogP contribution in [0.15, 0.2) is 12.1 Å². The fourth-order valence-electron chi connectivity index (χ4n) is 1.58. The van der Waals surface area contributed by atoms with Crippen molar-refractivity contribution < 1.29 is 4.39 Å². The predicted molar refractivity (Wildman–Crippen MR) is 76.7 cm³/mol. The zero-order valence-electron chi connectivity index (χ0n) is 10.3. The van der Waals surface area contributed by atoms with Gasteiger partial charge in [-0.05, 0) is 31.4 Å². The molecule has 0 heterocycles. The molecule has 96 valence electrons. The molecule has 0 bridgehead atoms. The minimum atomic E-state index is -0.431. The monoisotopic (exact) mass is 276 g/mol. The van der Waals surface area contributed by atoms with E-state index in [-0.39, 0.29) is 5.02 Å². The first-order valence-electron chi connectivity index (χ1n) is 5.43. The summed E-state index contributed by atoms with van der Waals surface area (Å²) in [5.41, 5.74) is 7.06. The summed E-state index contributed by atoms with van der Waals surface area (Å²) >= 11 is 7.48. The van der Waals surface area contributed by atoms with Gasteiger partial charge in [0.2, 0.25) is 0 Å². The number of nitrogens with two attached hydrogens (primary N) is 1. The number of hydrogen-bond donors (Lipinski definition) is 1. The third kappa shape index (κ3) is 3.68. The van der Waals surface area contributed by atoms with Gasteiger partial charge < -0.3 is 10.6 Å². The van der Waals surface area contributed by atoms with Crippen LogP contribution in [0.5, 0.6) is 0 Å². The number of halogens is 2. The summed E-state index contributed by atoms with van der Waals surface area (Å²) in [7, 11) is 1.92. The largest absolute Gasteiger partial charge is 0.397 e. The van der Waals surface area contributed by atoms with Gasteiger partial charge in [0, 0.05) is 19.2 Å². The Hall–Kier alpha value is -0.610. The van der Waals surface area contributed by atoms with Gasteiger partial charge in [-0.15, -0.1) is 0 Å². The smallest absolute Gasteiger partial charge is 0.144 e. The van der Waals surface area contributed by atoms with Gasteiger partial charge in [-0.1, -0.05) is 11.6 Å². The Balaban J connectivity index is 2.88. The number of rotatable bonds is 5. The van der Waals surface area contributed by atoms with Crippen LogP contribution in [0.4, 0.5) is 15.8 Å². The Morgan fingerprint density at radius 3 is 2.76 bits per heavy atom. The third-order valence-electron chi connectivity index (χ3n) is 2.85. The number of hydrogen-bond acceptors (Lipinski definition) is 3. The molecule has 2 N–H and O–H groups in total. The number of nitrogen functional groups attached to an aromatic ring is 1. The molecule has 0 amide bonds. The van der Waals surface area contributed by atoms with Crippen molar-refractivity contribution in [3.05, 3.63) is 23.0 Å². The van der Waals surface area contributed by atoms with Gasteiger partial charge >= 0.3 is 0 Å². The summed E-state index contributed by atoms with van der Waals surface area (Å²) in [6.07, 6.45) is 3.10. The van der Waals surface area contributed by atoms with Crippen LogP contribution in [-0.2, 0) is 0 Å². The maximum absolute atomic E-state index is 13.4. The van der Waals surface area contributed by atoms with E-state index in [1.165, 1.54) is 12.1 Å². The maximum atomic E-state index is 13.4. The lowest BCUT2D eigenvalue weighted by molar-refractivity contribution is 0.623. The Kier molecular flexibility index (Phi) is 5.40.